The third-order valence-corrected chi connectivity index (χ3v) is 6.18. The van der Waals surface area contributed by atoms with Gasteiger partial charge in [0.2, 0.25) is 0 Å². The van der Waals surface area contributed by atoms with E-state index in [1.807, 2.05) is 20.0 Å². The van der Waals surface area contributed by atoms with Gasteiger partial charge in [-0.15, -0.1) is 0 Å². The molecule has 7 nitrogen and oxygen atoms in total. The van der Waals surface area contributed by atoms with Gasteiger partial charge in [-0.25, -0.2) is 4.79 Å². The maximum absolute atomic E-state index is 12.4. The molecule has 1 aromatic heterocycles. The van der Waals surface area contributed by atoms with Crippen LogP contribution in [0.5, 0.6) is 5.75 Å². The minimum atomic E-state index is -4.38. The highest BCUT2D eigenvalue weighted by molar-refractivity contribution is 5.93. The second-order valence-corrected chi connectivity index (χ2v) is 8.77. The molecule has 0 radical (unpaired) electrons. The molecule has 1 aliphatic heterocycles. The van der Waals surface area contributed by atoms with Gasteiger partial charge in [0.15, 0.2) is 6.61 Å². The van der Waals surface area contributed by atoms with Gasteiger partial charge >= 0.3 is 12.1 Å². The van der Waals surface area contributed by atoms with Crippen molar-refractivity contribution in [2.75, 3.05) is 37.4 Å². The number of alkyl halides is 3. The van der Waals surface area contributed by atoms with E-state index in [1.54, 1.807) is 12.1 Å². The zero-order chi connectivity index (χ0) is 25.9. The summed E-state index contributed by atoms with van der Waals surface area (Å²) in [6.07, 6.45) is -0.557. The molecule has 190 valence electrons. The van der Waals surface area contributed by atoms with Gasteiger partial charge in [-0.1, -0.05) is 6.07 Å². The van der Waals surface area contributed by atoms with Gasteiger partial charge in [-0.05, 0) is 73.5 Å². The molecule has 1 atom stereocenters. The number of likely N-dealkylation sites (N-methyl/N-ethyl adjacent to an activating group) is 1. The summed E-state index contributed by atoms with van der Waals surface area (Å²) in [5.41, 5.74) is 5.39. The number of fused-ring (bicyclic) bond motifs is 1. The molecule has 0 bridgehead atoms. The quantitative estimate of drug-likeness (QED) is 0.381. The average Bonchev–Trinajstić information content (AvgIpc) is 2.83. The van der Waals surface area contributed by atoms with E-state index in [0.717, 1.165) is 35.5 Å². The summed E-state index contributed by atoms with van der Waals surface area (Å²) >= 11 is 0. The van der Waals surface area contributed by atoms with Crippen molar-refractivity contribution in [2.24, 2.45) is 0 Å². The highest BCUT2D eigenvalue weighted by Gasteiger charge is 2.28. The number of aryl methyl sites for hydroxylation is 1. The number of ether oxygens (including phenoxy) is 1. The summed E-state index contributed by atoms with van der Waals surface area (Å²) in [6.45, 7) is 1.83. The molecule has 3 aromatic rings. The second kappa shape index (κ2) is 10.4. The fraction of sp³-hybridized carbons (Fsp3) is 0.308. The monoisotopic (exact) mass is 500 g/mol. The van der Waals surface area contributed by atoms with Gasteiger partial charge in [-0.2, -0.15) is 13.2 Å². The molecular weight excluding hydrogens is 473 g/mol. The van der Waals surface area contributed by atoms with Gasteiger partial charge < -0.3 is 20.5 Å². The lowest BCUT2D eigenvalue weighted by Gasteiger charge is -2.35. The van der Waals surface area contributed by atoms with Crippen molar-refractivity contribution in [3.63, 3.8) is 0 Å². The Bertz CT molecular complexity index is 1250. The van der Waals surface area contributed by atoms with Crippen molar-refractivity contribution < 1.29 is 27.8 Å². The lowest BCUT2D eigenvalue weighted by molar-refractivity contribution is -0.153. The third kappa shape index (κ3) is 6.06. The number of aromatic carboxylic acids is 1. The van der Waals surface area contributed by atoms with Crippen LogP contribution >= 0.6 is 0 Å². The van der Waals surface area contributed by atoms with E-state index in [1.165, 1.54) is 30.1 Å². The molecule has 4 rings (SSSR count). The van der Waals surface area contributed by atoms with Crippen molar-refractivity contribution in [1.29, 1.82) is 0 Å². The van der Waals surface area contributed by atoms with Crippen molar-refractivity contribution >= 4 is 23.0 Å². The summed E-state index contributed by atoms with van der Waals surface area (Å²) in [7, 11) is 2.04. The first-order valence-corrected chi connectivity index (χ1v) is 11.4. The smallest absolute Gasteiger partial charge is 0.422 e. The van der Waals surface area contributed by atoms with Crippen LogP contribution in [-0.2, 0) is 6.42 Å². The number of carboxylic acid groups (broad SMARTS) is 1. The lowest BCUT2D eigenvalue weighted by atomic mass is 9.92. The van der Waals surface area contributed by atoms with Crippen LogP contribution in [0.25, 0.3) is 0 Å². The Morgan fingerprint density at radius 2 is 2.00 bits per heavy atom. The molecular formula is C26H27F3N4O3. The summed E-state index contributed by atoms with van der Waals surface area (Å²) in [5, 5.41) is 16.0. The fourth-order valence-corrected chi connectivity index (χ4v) is 4.30. The lowest BCUT2D eigenvalue weighted by Crippen LogP contribution is -2.36. The fourth-order valence-electron chi connectivity index (χ4n) is 4.30. The first kappa shape index (κ1) is 25.3. The zero-order valence-electron chi connectivity index (χ0n) is 19.9. The number of halogens is 3. The predicted molar refractivity (Wildman–Crippen MR) is 131 cm³/mol. The predicted octanol–water partition coefficient (Wildman–Crippen LogP) is 5.41. The molecule has 0 saturated heterocycles. The van der Waals surface area contributed by atoms with E-state index < -0.39 is 18.8 Å². The number of nitrogens with zero attached hydrogens (tertiary/aromatic N) is 2. The number of aromatic nitrogens is 1. The average molecular weight is 501 g/mol. The molecule has 36 heavy (non-hydrogen) atoms. The van der Waals surface area contributed by atoms with E-state index in [2.05, 4.69) is 32.7 Å². The van der Waals surface area contributed by atoms with Gasteiger partial charge in [0.05, 0.1) is 23.5 Å². The Hall–Kier alpha value is -3.79. The molecule has 1 aliphatic rings. The van der Waals surface area contributed by atoms with E-state index >= 15 is 0 Å². The normalized spacial score (nSPS) is 15.8. The van der Waals surface area contributed by atoms with E-state index in [4.69, 9.17) is 4.74 Å². The van der Waals surface area contributed by atoms with Crippen LogP contribution in [0.15, 0.2) is 54.9 Å². The number of carboxylic acids is 1. The van der Waals surface area contributed by atoms with Crippen LogP contribution in [0.1, 0.15) is 33.1 Å². The maximum atomic E-state index is 12.4. The summed E-state index contributed by atoms with van der Waals surface area (Å²) in [6, 6.07) is 12.4. The van der Waals surface area contributed by atoms with Gasteiger partial charge in [0.25, 0.3) is 0 Å². The van der Waals surface area contributed by atoms with Crippen LogP contribution in [0.4, 0.5) is 30.2 Å². The number of hydrogen-bond acceptors (Lipinski definition) is 6. The van der Waals surface area contributed by atoms with Crippen LogP contribution in [0.3, 0.4) is 0 Å². The SMILES string of the molecule is Cc1cc(OCC(F)(F)F)ccc1Nc1ccc2c(c1)CCN(C)[C@H]2CNc1cnccc1C(=O)O. The van der Waals surface area contributed by atoms with Crippen molar-refractivity contribution in [2.45, 2.75) is 25.6 Å². The standard InChI is InChI=1S/C26H27F3N4O3/c1-16-11-19(36-15-26(27,28)29)4-6-22(16)32-18-3-5-20-17(12-18)8-10-33(2)24(20)14-31-23-13-30-9-7-21(23)25(34)35/h3-7,9,11-13,24,31-32H,8,10,14-15H2,1-2H3,(H,34,35)/t24-/m0/s1. The number of anilines is 3. The van der Waals surface area contributed by atoms with Crippen molar-refractivity contribution in [3.8, 4) is 5.75 Å². The second-order valence-electron chi connectivity index (χ2n) is 8.77. The number of hydrogen-bond donors (Lipinski definition) is 3. The zero-order valence-corrected chi connectivity index (χ0v) is 19.9. The number of pyridine rings is 1. The minimum Gasteiger partial charge on any atom is -0.484 e. The topological polar surface area (TPSA) is 86.7 Å². The van der Waals surface area contributed by atoms with E-state index in [9.17, 15) is 23.1 Å². The van der Waals surface area contributed by atoms with Gasteiger partial charge in [-0.3, -0.25) is 9.88 Å². The highest BCUT2D eigenvalue weighted by Crippen LogP contribution is 2.33. The number of nitrogens with one attached hydrogen (secondary N) is 2. The van der Waals surface area contributed by atoms with E-state index in [-0.39, 0.29) is 17.4 Å². The molecule has 2 aromatic carbocycles. The Kier molecular flexibility index (Phi) is 7.35. The van der Waals surface area contributed by atoms with Crippen LogP contribution in [0.2, 0.25) is 0 Å². The van der Waals surface area contributed by atoms with Crippen molar-refractivity contribution in [3.05, 3.63) is 77.1 Å². The third-order valence-electron chi connectivity index (χ3n) is 6.18. The van der Waals surface area contributed by atoms with E-state index in [0.29, 0.717) is 12.2 Å². The largest absolute Gasteiger partial charge is 0.484 e. The Morgan fingerprint density at radius 1 is 1.19 bits per heavy atom. The number of benzene rings is 2. The van der Waals surface area contributed by atoms with Crippen molar-refractivity contribution in [1.82, 2.24) is 9.88 Å². The van der Waals surface area contributed by atoms with Crippen LogP contribution in [0, 0.1) is 6.92 Å². The minimum absolute atomic E-state index is 0.0384. The molecule has 3 N–H and O–H groups in total. The molecule has 0 fully saturated rings. The van der Waals surface area contributed by atoms with Gasteiger partial charge in [0.1, 0.15) is 5.75 Å². The first-order valence-electron chi connectivity index (χ1n) is 11.4. The highest BCUT2D eigenvalue weighted by atomic mass is 19.4. The van der Waals surface area contributed by atoms with Gasteiger partial charge in [0, 0.05) is 30.7 Å². The van der Waals surface area contributed by atoms with Crippen LogP contribution < -0.4 is 15.4 Å². The Labute approximate surface area is 206 Å². The summed E-state index contributed by atoms with van der Waals surface area (Å²) < 4.78 is 42.1. The molecule has 2 heterocycles. The Balaban J connectivity index is 1.47. The summed E-state index contributed by atoms with van der Waals surface area (Å²) in [4.78, 5) is 17.8. The van der Waals surface area contributed by atoms with Crippen LogP contribution in [-0.4, -0.2) is 53.9 Å². The molecule has 0 spiro atoms. The molecule has 0 saturated carbocycles. The molecule has 0 unspecified atom stereocenters. The molecule has 0 amide bonds. The number of rotatable bonds is 8. The number of carbonyl (C=O) groups is 1. The molecule has 10 heteroatoms. The maximum Gasteiger partial charge on any atom is 0.422 e. The summed E-state index contributed by atoms with van der Waals surface area (Å²) in [5.74, 6) is -0.845. The Morgan fingerprint density at radius 3 is 2.72 bits per heavy atom. The molecule has 0 aliphatic carbocycles. The first-order chi connectivity index (χ1) is 17.1.